The van der Waals surface area contributed by atoms with Crippen LogP contribution in [-0.2, 0) is 6.67 Å². The summed E-state index contributed by atoms with van der Waals surface area (Å²) in [7, 11) is 0. The summed E-state index contributed by atoms with van der Waals surface area (Å²) in [6.07, 6.45) is 5.43. The molecule has 1 fully saturated rings. The Labute approximate surface area is 153 Å². The zero-order valence-corrected chi connectivity index (χ0v) is 15.3. The summed E-state index contributed by atoms with van der Waals surface area (Å²) in [5.74, 6) is 0.790. The molecule has 6 nitrogen and oxygen atoms in total. The van der Waals surface area contributed by atoms with Crippen LogP contribution < -0.4 is 10.3 Å². The first-order valence-electron chi connectivity index (χ1n) is 8.24. The van der Waals surface area contributed by atoms with Crippen LogP contribution in [0.4, 0.5) is 5.95 Å². The first-order valence-corrected chi connectivity index (χ1v) is 9.04. The second kappa shape index (κ2) is 6.93. The number of anilines is 1. The minimum atomic E-state index is 0.0543. The molecule has 0 spiro atoms. The van der Waals surface area contributed by atoms with Gasteiger partial charge in [0.25, 0.3) is 0 Å². The minimum Gasteiger partial charge on any atom is -0.338 e. The van der Waals surface area contributed by atoms with Gasteiger partial charge in [0.1, 0.15) is 0 Å². The fraction of sp³-hybridized carbons (Fsp3) is 0.278. The van der Waals surface area contributed by atoms with Crippen LogP contribution in [0.3, 0.4) is 0 Å². The van der Waals surface area contributed by atoms with E-state index in [2.05, 4.69) is 40.3 Å². The van der Waals surface area contributed by atoms with Gasteiger partial charge in [0.15, 0.2) is 5.43 Å². The molecule has 3 heterocycles. The Morgan fingerprint density at radius 2 is 1.76 bits per heavy atom. The number of rotatable bonds is 3. The van der Waals surface area contributed by atoms with Gasteiger partial charge in [0.05, 0.1) is 12.2 Å². The minimum absolute atomic E-state index is 0.0543. The Hall–Kier alpha value is -2.25. The van der Waals surface area contributed by atoms with Crippen molar-refractivity contribution in [1.29, 1.82) is 0 Å². The Bertz CT molecular complexity index is 935. The van der Waals surface area contributed by atoms with Gasteiger partial charge >= 0.3 is 0 Å². The van der Waals surface area contributed by atoms with Crippen molar-refractivity contribution < 1.29 is 0 Å². The van der Waals surface area contributed by atoms with Crippen molar-refractivity contribution in [3.05, 3.63) is 63.6 Å². The van der Waals surface area contributed by atoms with Crippen molar-refractivity contribution in [2.75, 3.05) is 31.1 Å². The van der Waals surface area contributed by atoms with Crippen molar-refractivity contribution >= 4 is 32.8 Å². The molecule has 0 radical (unpaired) electrons. The lowest BCUT2D eigenvalue weighted by atomic mass is 10.2. The molecule has 0 saturated carbocycles. The largest absolute Gasteiger partial charge is 0.338 e. The number of pyridine rings is 1. The van der Waals surface area contributed by atoms with Crippen LogP contribution in [-0.4, -0.2) is 45.6 Å². The van der Waals surface area contributed by atoms with Crippen molar-refractivity contribution in [1.82, 2.24) is 19.4 Å². The Balaban J connectivity index is 1.52. The number of fused-ring (bicyclic) bond motifs is 1. The number of para-hydroxylation sites is 1. The maximum Gasteiger partial charge on any atom is 0.225 e. The van der Waals surface area contributed by atoms with Gasteiger partial charge < -0.3 is 9.47 Å². The summed E-state index contributed by atoms with van der Waals surface area (Å²) < 4.78 is 3.08. The average molecular weight is 400 g/mol. The number of benzene rings is 1. The molecule has 0 amide bonds. The summed E-state index contributed by atoms with van der Waals surface area (Å²) in [6.45, 7) is 4.39. The maximum atomic E-state index is 12.1. The van der Waals surface area contributed by atoms with Crippen molar-refractivity contribution in [3.8, 4) is 0 Å². The summed E-state index contributed by atoms with van der Waals surface area (Å²) in [4.78, 5) is 25.3. The molecule has 0 N–H and O–H groups in total. The third-order valence-corrected chi connectivity index (χ3v) is 5.14. The molecule has 1 aromatic carbocycles. The molecule has 25 heavy (non-hydrogen) atoms. The van der Waals surface area contributed by atoms with E-state index in [0.717, 1.165) is 54.2 Å². The predicted octanol–water partition coefficient (Wildman–Crippen LogP) is 2.33. The second-order valence-electron chi connectivity index (χ2n) is 6.08. The molecule has 4 rings (SSSR count). The van der Waals surface area contributed by atoms with E-state index in [1.807, 2.05) is 30.5 Å². The van der Waals surface area contributed by atoms with Crippen LogP contribution in [0.1, 0.15) is 0 Å². The number of hydrogen-bond donors (Lipinski definition) is 0. The van der Waals surface area contributed by atoms with Crippen molar-refractivity contribution in [2.24, 2.45) is 0 Å². The Kier molecular flexibility index (Phi) is 4.50. The summed E-state index contributed by atoms with van der Waals surface area (Å²) in [6, 6.07) is 9.23. The van der Waals surface area contributed by atoms with Crippen LogP contribution in [0.5, 0.6) is 0 Å². The van der Waals surface area contributed by atoms with E-state index >= 15 is 0 Å². The number of hydrogen-bond acceptors (Lipinski definition) is 5. The molecule has 0 aliphatic carbocycles. The topological polar surface area (TPSA) is 54.3 Å². The maximum absolute atomic E-state index is 12.1. The number of halogens is 1. The smallest absolute Gasteiger partial charge is 0.225 e. The van der Waals surface area contributed by atoms with Crippen LogP contribution >= 0.6 is 15.9 Å². The second-order valence-corrected chi connectivity index (χ2v) is 6.94. The van der Waals surface area contributed by atoms with Gasteiger partial charge in [-0.05, 0) is 34.1 Å². The molecule has 1 aliphatic heterocycles. The highest BCUT2D eigenvalue weighted by Gasteiger charge is 2.19. The molecule has 3 aromatic rings. The molecular weight excluding hydrogens is 382 g/mol. The first kappa shape index (κ1) is 16.2. The van der Waals surface area contributed by atoms with E-state index in [1.54, 1.807) is 18.5 Å². The summed E-state index contributed by atoms with van der Waals surface area (Å²) >= 11 is 3.58. The standard InChI is InChI=1S/C18H18BrN5O/c19-15-4-1-3-14-16(25)5-8-24(17(14)15)13-22-9-11-23(12-10-22)18-20-6-2-7-21-18/h1-8H,9-13H2. The third-order valence-electron chi connectivity index (χ3n) is 4.50. The lowest BCUT2D eigenvalue weighted by Gasteiger charge is -2.35. The normalized spacial score (nSPS) is 15.6. The number of nitrogens with zero attached hydrogens (tertiary/aromatic N) is 5. The lowest BCUT2D eigenvalue weighted by molar-refractivity contribution is 0.208. The zero-order chi connectivity index (χ0) is 17.2. The monoisotopic (exact) mass is 399 g/mol. The fourth-order valence-electron chi connectivity index (χ4n) is 3.21. The van der Waals surface area contributed by atoms with Crippen molar-refractivity contribution in [3.63, 3.8) is 0 Å². The van der Waals surface area contributed by atoms with Crippen LogP contribution in [0, 0.1) is 0 Å². The molecule has 0 unspecified atom stereocenters. The average Bonchev–Trinajstić information content (AvgIpc) is 2.66. The summed E-state index contributed by atoms with van der Waals surface area (Å²) in [5.41, 5.74) is 1.00. The molecule has 0 atom stereocenters. The van der Waals surface area contributed by atoms with E-state index in [0.29, 0.717) is 0 Å². The van der Waals surface area contributed by atoms with Gasteiger partial charge in [0.2, 0.25) is 5.95 Å². The highest BCUT2D eigenvalue weighted by molar-refractivity contribution is 9.10. The van der Waals surface area contributed by atoms with Crippen molar-refractivity contribution in [2.45, 2.75) is 6.67 Å². The highest BCUT2D eigenvalue weighted by atomic mass is 79.9. The molecule has 1 aliphatic rings. The molecule has 7 heteroatoms. The zero-order valence-electron chi connectivity index (χ0n) is 13.7. The van der Waals surface area contributed by atoms with Gasteiger partial charge in [-0.1, -0.05) is 6.07 Å². The van der Waals surface area contributed by atoms with E-state index in [4.69, 9.17) is 0 Å². The predicted molar refractivity (Wildman–Crippen MR) is 102 cm³/mol. The number of piperazine rings is 1. The summed E-state index contributed by atoms with van der Waals surface area (Å²) in [5, 5.41) is 0.744. The van der Waals surface area contributed by atoms with E-state index in [1.165, 1.54) is 0 Å². The SMILES string of the molecule is O=c1ccn(CN2CCN(c3ncccn3)CC2)c2c(Br)cccc12. The Morgan fingerprint density at radius 1 is 1.00 bits per heavy atom. The van der Waals surface area contributed by atoms with Gasteiger partial charge in [-0.25, -0.2) is 9.97 Å². The molecule has 128 valence electrons. The van der Waals surface area contributed by atoms with Gasteiger partial charge in [-0.2, -0.15) is 0 Å². The van der Waals surface area contributed by atoms with Crippen LogP contribution in [0.2, 0.25) is 0 Å². The van der Waals surface area contributed by atoms with E-state index in [-0.39, 0.29) is 5.43 Å². The van der Waals surface area contributed by atoms with Crippen LogP contribution in [0.25, 0.3) is 10.9 Å². The van der Waals surface area contributed by atoms with Gasteiger partial charge in [-0.3, -0.25) is 9.69 Å². The highest BCUT2D eigenvalue weighted by Crippen LogP contribution is 2.22. The fourth-order valence-corrected chi connectivity index (χ4v) is 3.80. The molecule has 0 bridgehead atoms. The third kappa shape index (κ3) is 3.29. The Morgan fingerprint density at radius 3 is 2.52 bits per heavy atom. The first-order chi connectivity index (χ1) is 12.2. The molecule has 2 aromatic heterocycles. The molecule has 1 saturated heterocycles. The van der Waals surface area contributed by atoms with Gasteiger partial charge in [-0.15, -0.1) is 0 Å². The molecular formula is C18H18BrN5O. The lowest BCUT2D eigenvalue weighted by Crippen LogP contribution is -2.47. The van der Waals surface area contributed by atoms with E-state index in [9.17, 15) is 4.79 Å². The number of aromatic nitrogens is 3. The quantitative estimate of drug-likeness (QED) is 0.676. The van der Waals surface area contributed by atoms with E-state index < -0.39 is 0 Å². The van der Waals surface area contributed by atoms with Crippen LogP contribution in [0.15, 0.2) is 58.2 Å². The van der Waals surface area contributed by atoms with Gasteiger partial charge in [0, 0.05) is 60.7 Å².